The number of nitrogens with zero attached hydrogens (tertiary/aromatic N) is 2. The summed E-state index contributed by atoms with van der Waals surface area (Å²) in [5.41, 5.74) is 16.9. The van der Waals surface area contributed by atoms with Crippen LogP contribution in [0.25, 0.3) is 121 Å². The molecule has 0 aliphatic rings. The fourth-order valence-corrected chi connectivity index (χ4v) is 10.8. The van der Waals surface area contributed by atoms with E-state index < -0.39 is 0 Å². The molecule has 0 unspecified atom stereocenters. The van der Waals surface area contributed by atoms with Gasteiger partial charge in [-0.1, -0.05) is 158 Å². The lowest BCUT2D eigenvalue weighted by atomic mass is 9.88. The van der Waals surface area contributed by atoms with E-state index in [1.54, 1.807) is 0 Å². The van der Waals surface area contributed by atoms with Crippen molar-refractivity contribution in [3.8, 4) is 44.8 Å². The zero-order chi connectivity index (χ0) is 42.5. The van der Waals surface area contributed by atoms with Gasteiger partial charge in [-0.15, -0.1) is 0 Å². The highest BCUT2D eigenvalue weighted by Crippen LogP contribution is 2.43. The monoisotopic (exact) mass is 814 g/mol. The first-order chi connectivity index (χ1) is 31.6. The maximum absolute atomic E-state index is 2.46. The highest BCUT2D eigenvalue weighted by Gasteiger charge is 2.20. The minimum absolute atomic E-state index is 1.14. The number of para-hydroxylation sites is 4. The van der Waals surface area contributed by atoms with E-state index in [1.165, 1.54) is 120 Å². The van der Waals surface area contributed by atoms with E-state index in [0.717, 1.165) is 11.4 Å². The summed E-state index contributed by atoms with van der Waals surface area (Å²) in [7, 11) is 0. The van der Waals surface area contributed by atoms with Gasteiger partial charge in [0, 0.05) is 32.9 Å². The maximum Gasteiger partial charge on any atom is 0.0541 e. The second-order valence-electron chi connectivity index (χ2n) is 17.3. The first kappa shape index (κ1) is 36.5. The Balaban J connectivity index is 1.05. The molecule has 0 radical (unpaired) electrons. The fraction of sp³-hybridized carbons (Fsp3) is 0.0323. The second kappa shape index (κ2) is 14.2. The topological polar surface area (TPSA) is 9.86 Å². The molecule has 0 amide bonds. The van der Waals surface area contributed by atoms with Gasteiger partial charge in [0.1, 0.15) is 0 Å². The third-order valence-electron chi connectivity index (χ3n) is 13.8. The zero-order valence-corrected chi connectivity index (χ0v) is 35.7. The van der Waals surface area contributed by atoms with Crippen molar-refractivity contribution in [1.29, 1.82) is 0 Å². The summed E-state index contributed by atoms with van der Waals surface area (Å²) < 4.78 is 4.89. The van der Waals surface area contributed by atoms with Crippen LogP contribution in [0.2, 0.25) is 0 Å². The number of hydrogen-bond acceptors (Lipinski definition) is 0. The predicted molar refractivity (Wildman–Crippen MR) is 273 cm³/mol. The van der Waals surface area contributed by atoms with Gasteiger partial charge in [-0.05, 0) is 151 Å². The SMILES string of the molecule is Cc1ccc(-n2c3ccccc3c3ccccc32)cc1-c1cc(-n2c3ccccc3c3ccccc32)cc(-c2cccc(-c3ccc4c5ccccc5c5ccccc5c4c3)c2)c1C. The summed E-state index contributed by atoms with van der Waals surface area (Å²) in [6.07, 6.45) is 0. The summed E-state index contributed by atoms with van der Waals surface area (Å²) >= 11 is 0. The van der Waals surface area contributed by atoms with E-state index in [4.69, 9.17) is 0 Å². The quantitative estimate of drug-likeness (QED) is 0.153. The zero-order valence-electron chi connectivity index (χ0n) is 35.7. The Kier molecular flexibility index (Phi) is 8.07. The molecule has 13 aromatic rings. The van der Waals surface area contributed by atoms with E-state index in [2.05, 4.69) is 241 Å². The van der Waals surface area contributed by atoms with Crippen molar-refractivity contribution in [2.45, 2.75) is 13.8 Å². The van der Waals surface area contributed by atoms with Crippen molar-refractivity contribution in [2.24, 2.45) is 0 Å². The summed E-state index contributed by atoms with van der Waals surface area (Å²) in [6.45, 7) is 4.57. The van der Waals surface area contributed by atoms with E-state index in [0.29, 0.717) is 0 Å². The molecule has 0 aliphatic heterocycles. The molecule has 0 spiro atoms. The smallest absolute Gasteiger partial charge is 0.0541 e. The summed E-state index contributed by atoms with van der Waals surface area (Å²) in [6, 6.07) is 80.9. The molecular weight excluding hydrogens is 773 g/mol. The van der Waals surface area contributed by atoms with Crippen molar-refractivity contribution >= 4 is 75.9 Å². The third-order valence-corrected chi connectivity index (χ3v) is 13.8. The summed E-state index contributed by atoms with van der Waals surface area (Å²) in [5, 5.41) is 12.8. The Morgan fingerprint density at radius 3 is 1.20 bits per heavy atom. The molecule has 2 nitrogen and oxygen atoms in total. The van der Waals surface area contributed by atoms with Crippen LogP contribution in [0.1, 0.15) is 11.1 Å². The molecule has 2 aromatic heterocycles. The van der Waals surface area contributed by atoms with Crippen LogP contribution >= 0.6 is 0 Å². The lowest BCUT2D eigenvalue weighted by Crippen LogP contribution is -2.00. The molecule has 2 heterocycles. The number of fused-ring (bicyclic) bond motifs is 12. The lowest BCUT2D eigenvalue weighted by Gasteiger charge is -2.20. The van der Waals surface area contributed by atoms with Crippen LogP contribution in [-0.4, -0.2) is 9.13 Å². The van der Waals surface area contributed by atoms with Gasteiger partial charge in [-0.2, -0.15) is 0 Å². The normalized spacial score (nSPS) is 11.9. The molecule has 300 valence electrons. The largest absolute Gasteiger partial charge is 0.309 e. The van der Waals surface area contributed by atoms with Crippen molar-refractivity contribution in [2.75, 3.05) is 0 Å². The number of benzene rings is 11. The van der Waals surface area contributed by atoms with Crippen LogP contribution in [0, 0.1) is 13.8 Å². The van der Waals surface area contributed by atoms with E-state index in [9.17, 15) is 0 Å². The molecule has 0 atom stereocenters. The van der Waals surface area contributed by atoms with Crippen molar-refractivity contribution in [3.05, 3.63) is 230 Å². The van der Waals surface area contributed by atoms with Crippen LogP contribution in [0.3, 0.4) is 0 Å². The number of aromatic nitrogens is 2. The van der Waals surface area contributed by atoms with Crippen LogP contribution in [0.5, 0.6) is 0 Å². The minimum atomic E-state index is 1.14. The Bertz CT molecular complexity index is 3900. The highest BCUT2D eigenvalue weighted by atomic mass is 15.0. The Morgan fingerprint density at radius 2 is 0.656 bits per heavy atom. The number of aryl methyl sites for hydroxylation is 1. The first-order valence-corrected chi connectivity index (χ1v) is 22.3. The molecule has 11 aromatic carbocycles. The molecular formula is C62H42N2. The molecule has 2 heteroatoms. The molecule has 64 heavy (non-hydrogen) atoms. The van der Waals surface area contributed by atoms with Crippen LogP contribution in [0.15, 0.2) is 218 Å². The average molecular weight is 815 g/mol. The predicted octanol–water partition coefficient (Wildman–Crippen LogP) is 17.0. The number of hydrogen-bond donors (Lipinski definition) is 0. The van der Waals surface area contributed by atoms with Gasteiger partial charge in [0.15, 0.2) is 0 Å². The molecule has 0 aliphatic carbocycles. The van der Waals surface area contributed by atoms with E-state index in [1.807, 2.05) is 0 Å². The van der Waals surface area contributed by atoms with E-state index >= 15 is 0 Å². The van der Waals surface area contributed by atoms with Gasteiger partial charge >= 0.3 is 0 Å². The molecule has 0 saturated heterocycles. The Labute approximate surface area is 371 Å². The van der Waals surface area contributed by atoms with Gasteiger partial charge < -0.3 is 9.13 Å². The minimum Gasteiger partial charge on any atom is -0.309 e. The number of rotatable bonds is 5. The lowest BCUT2D eigenvalue weighted by molar-refractivity contribution is 1.17. The van der Waals surface area contributed by atoms with Crippen molar-refractivity contribution in [1.82, 2.24) is 9.13 Å². The fourth-order valence-electron chi connectivity index (χ4n) is 10.8. The first-order valence-electron chi connectivity index (χ1n) is 22.3. The average Bonchev–Trinajstić information content (AvgIpc) is 3.88. The van der Waals surface area contributed by atoms with E-state index in [-0.39, 0.29) is 0 Å². The van der Waals surface area contributed by atoms with Crippen molar-refractivity contribution < 1.29 is 0 Å². The van der Waals surface area contributed by atoms with Crippen LogP contribution in [0.4, 0.5) is 0 Å². The molecule has 0 saturated carbocycles. The molecule has 0 fully saturated rings. The van der Waals surface area contributed by atoms with Crippen molar-refractivity contribution in [3.63, 3.8) is 0 Å². The Hall–Kier alpha value is -8.20. The standard InChI is InChI=1S/C62H42N2/c1-39-30-32-44(63-59-26-11-7-22-51(59)52-23-8-12-27-60(52)63)36-55(39)57-38-45(64-61-28-13-9-24-53(61)54-25-10-14-29-62(54)64)37-56(40(57)2)43-17-15-16-41(34-43)42-31-33-50-48-20-4-3-18-46(48)47-19-5-6-21-49(47)58(50)35-42/h3-38H,1-2H3. The molecule has 0 N–H and O–H groups in total. The molecule has 13 rings (SSSR count). The van der Waals surface area contributed by atoms with Gasteiger partial charge in [0.2, 0.25) is 0 Å². The van der Waals surface area contributed by atoms with Gasteiger partial charge in [-0.25, -0.2) is 0 Å². The summed E-state index contributed by atoms with van der Waals surface area (Å²) in [5.74, 6) is 0. The molecule has 0 bridgehead atoms. The second-order valence-corrected chi connectivity index (χ2v) is 17.3. The maximum atomic E-state index is 2.46. The Morgan fingerprint density at radius 1 is 0.250 bits per heavy atom. The highest BCUT2D eigenvalue weighted by molar-refractivity contribution is 6.25. The van der Waals surface area contributed by atoms with Gasteiger partial charge in [0.05, 0.1) is 22.1 Å². The van der Waals surface area contributed by atoms with Gasteiger partial charge in [0.25, 0.3) is 0 Å². The van der Waals surface area contributed by atoms with Crippen LogP contribution in [-0.2, 0) is 0 Å². The van der Waals surface area contributed by atoms with Crippen LogP contribution < -0.4 is 0 Å². The van der Waals surface area contributed by atoms with Gasteiger partial charge in [-0.3, -0.25) is 0 Å². The summed E-state index contributed by atoms with van der Waals surface area (Å²) in [4.78, 5) is 0. The third kappa shape index (κ3) is 5.46.